The van der Waals surface area contributed by atoms with E-state index in [0.717, 1.165) is 25.9 Å². The highest BCUT2D eigenvalue weighted by Gasteiger charge is 2.28. The van der Waals surface area contributed by atoms with Crippen LogP contribution in [0.2, 0.25) is 0 Å². The largest absolute Gasteiger partial charge is 0.368 e. The van der Waals surface area contributed by atoms with Crippen molar-refractivity contribution in [1.82, 2.24) is 0 Å². The number of hydrogen-bond donors (Lipinski definition) is 0. The van der Waals surface area contributed by atoms with Crippen molar-refractivity contribution in [3.05, 3.63) is 28.2 Å². The summed E-state index contributed by atoms with van der Waals surface area (Å²) in [4.78, 5) is 1.89. The quantitative estimate of drug-likeness (QED) is 0.761. The molecule has 1 fully saturated rings. The van der Waals surface area contributed by atoms with E-state index in [1.54, 1.807) is 0 Å². The van der Waals surface area contributed by atoms with Crippen molar-refractivity contribution in [2.24, 2.45) is 5.92 Å². The van der Waals surface area contributed by atoms with Gasteiger partial charge in [0.1, 0.15) is 11.6 Å². The molecular formula is C12H14BrF2N. The van der Waals surface area contributed by atoms with Gasteiger partial charge in [-0.15, -0.1) is 0 Å². The lowest BCUT2D eigenvalue weighted by atomic mass is 9.94. The first kappa shape index (κ1) is 11.8. The van der Waals surface area contributed by atoms with Crippen molar-refractivity contribution in [2.45, 2.75) is 19.8 Å². The Morgan fingerprint density at radius 3 is 2.62 bits per heavy atom. The first-order valence-electron chi connectivity index (χ1n) is 5.51. The molecule has 0 unspecified atom stereocenters. The maximum Gasteiger partial charge on any atom is 0.147 e. The Bertz CT molecular complexity index is 389. The van der Waals surface area contributed by atoms with E-state index in [-0.39, 0.29) is 10.3 Å². The highest BCUT2D eigenvalue weighted by molar-refractivity contribution is 9.10. The average molecular weight is 290 g/mol. The number of benzene rings is 1. The van der Waals surface area contributed by atoms with Gasteiger partial charge in [-0.2, -0.15) is 0 Å². The Morgan fingerprint density at radius 2 is 2.00 bits per heavy atom. The topological polar surface area (TPSA) is 3.24 Å². The van der Waals surface area contributed by atoms with Gasteiger partial charge in [-0.3, -0.25) is 0 Å². The summed E-state index contributed by atoms with van der Waals surface area (Å²) < 4.78 is 27.0. The Kier molecular flexibility index (Phi) is 3.47. The molecule has 0 spiro atoms. The highest BCUT2D eigenvalue weighted by Crippen LogP contribution is 2.32. The summed E-state index contributed by atoms with van der Waals surface area (Å²) in [5, 5.41) is 0. The Morgan fingerprint density at radius 1 is 1.31 bits per heavy atom. The third kappa shape index (κ3) is 2.21. The van der Waals surface area contributed by atoms with E-state index in [1.165, 1.54) is 12.1 Å². The smallest absolute Gasteiger partial charge is 0.147 e. The number of nitrogens with zero attached hydrogens (tertiary/aromatic N) is 1. The molecule has 0 saturated carbocycles. The zero-order valence-electron chi connectivity index (χ0n) is 9.14. The van der Waals surface area contributed by atoms with E-state index in [4.69, 9.17) is 0 Å². The number of hydrogen-bond acceptors (Lipinski definition) is 1. The fraction of sp³-hybridized carbons (Fsp3) is 0.500. The lowest BCUT2D eigenvalue weighted by Gasteiger charge is -2.41. The van der Waals surface area contributed by atoms with Gasteiger partial charge in [0.15, 0.2) is 0 Å². The van der Waals surface area contributed by atoms with Crippen LogP contribution in [0.5, 0.6) is 0 Å². The molecule has 1 aromatic rings. The Balaban J connectivity index is 2.09. The molecule has 1 aliphatic rings. The molecule has 1 nitrogen and oxygen atoms in total. The summed E-state index contributed by atoms with van der Waals surface area (Å²) in [6.45, 7) is 3.82. The van der Waals surface area contributed by atoms with E-state index in [9.17, 15) is 8.78 Å². The van der Waals surface area contributed by atoms with Crippen molar-refractivity contribution >= 4 is 21.6 Å². The van der Waals surface area contributed by atoms with Crippen molar-refractivity contribution in [3.63, 3.8) is 0 Å². The molecule has 1 heterocycles. The summed E-state index contributed by atoms with van der Waals surface area (Å²) in [5.41, 5.74) is 0.382. The van der Waals surface area contributed by atoms with Crippen LogP contribution in [0.4, 0.5) is 14.5 Å². The van der Waals surface area contributed by atoms with E-state index >= 15 is 0 Å². The molecule has 0 atom stereocenters. The fourth-order valence-electron chi connectivity index (χ4n) is 2.11. The van der Waals surface area contributed by atoms with Crippen molar-refractivity contribution in [2.75, 3.05) is 18.0 Å². The molecule has 0 amide bonds. The van der Waals surface area contributed by atoms with Gasteiger partial charge < -0.3 is 4.90 Å². The molecule has 0 aromatic heterocycles. The van der Waals surface area contributed by atoms with Gasteiger partial charge >= 0.3 is 0 Å². The SMILES string of the molecule is CCCC1CN(c2cc(F)c(Br)cc2F)C1. The molecule has 2 rings (SSSR count). The van der Waals surface area contributed by atoms with Crippen molar-refractivity contribution in [1.29, 1.82) is 0 Å². The van der Waals surface area contributed by atoms with E-state index in [2.05, 4.69) is 22.9 Å². The zero-order chi connectivity index (χ0) is 11.7. The molecule has 1 aliphatic heterocycles. The second-order valence-electron chi connectivity index (χ2n) is 4.28. The van der Waals surface area contributed by atoms with Gasteiger partial charge in [0.25, 0.3) is 0 Å². The lowest BCUT2D eigenvalue weighted by molar-refractivity contribution is 0.375. The van der Waals surface area contributed by atoms with Crippen LogP contribution >= 0.6 is 15.9 Å². The molecule has 0 radical (unpaired) electrons. The second-order valence-corrected chi connectivity index (χ2v) is 5.13. The Labute approximate surface area is 103 Å². The Hall–Kier alpha value is -0.640. The van der Waals surface area contributed by atoms with Gasteiger partial charge in [0.05, 0.1) is 10.2 Å². The predicted octanol–water partition coefficient (Wildman–Crippen LogP) is 3.96. The van der Waals surface area contributed by atoms with Crippen molar-refractivity contribution < 1.29 is 8.78 Å². The summed E-state index contributed by atoms with van der Waals surface area (Å²) in [7, 11) is 0. The van der Waals surface area contributed by atoms with Crippen LogP contribution in [-0.2, 0) is 0 Å². The minimum absolute atomic E-state index is 0.180. The standard InChI is InChI=1S/C12H14BrF2N/c1-2-3-8-6-16(7-8)12-5-10(14)9(13)4-11(12)15/h4-5,8H,2-3,6-7H2,1H3. The maximum absolute atomic E-state index is 13.6. The minimum Gasteiger partial charge on any atom is -0.368 e. The molecule has 0 bridgehead atoms. The van der Waals surface area contributed by atoms with Crippen LogP contribution < -0.4 is 4.90 Å². The first-order valence-corrected chi connectivity index (χ1v) is 6.30. The normalized spacial score (nSPS) is 16.4. The maximum atomic E-state index is 13.6. The molecule has 0 aliphatic carbocycles. The number of rotatable bonds is 3. The molecule has 0 N–H and O–H groups in total. The van der Waals surface area contributed by atoms with Crippen LogP contribution in [0.15, 0.2) is 16.6 Å². The van der Waals surface area contributed by atoms with E-state index < -0.39 is 5.82 Å². The molecule has 16 heavy (non-hydrogen) atoms. The summed E-state index contributed by atoms with van der Waals surface area (Å²) >= 11 is 2.97. The summed E-state index contributed by atoms with van der Waals surface area (Å²) in [6.07, 6.45) is 2.31. The van der Waals surface area contributed by atoms with Crippen LogP contribution in [0, 0.1) is 17.6 Å². The van der Waals surface area contributed by atoms with Gasteiger partial charge in [0.2, 0.25) is 0 Å². The molecule has 4 heteroatoms. The molecule has 1 aromatic carbocycles. The zero-order valence-corrected chi connectivity index (χ0v) is 10.7. The molecule has 1 saturated heterocycles. The lowest BCUT2D eigenvalue weighted by Crippen LogP contribution is -2.47. The predicted molar refractivity (Wildman–Crippen MR) is 64.7 cm³/mol. The number of halogens is 3. The van der Waals surface area contributed by atoms with Crippen LogP contribution in [0.25, 0.3) is 0 Å². The van der Waals surface area contributed by atoms with Gasteiger partial charge in [-0.05, 0) is 34.3 Å². The number of anilines is 1. The average Bonchev–Trinajstić information content (AvgIpc) is 2.17. The minimum atomic E-state index is -0.407. The monoisotopic (exact) mass is 289 g/mol. The second kappa shape index (κ2) is 4.70. The molecular weight excluding hydrogens is 276 g/mol. The van der Waals surface area contributed by atoms with Crippen LogP contribution in [0.1, 0.15) is 19.8 Å². The fourth-order valence-corrected chi connectivity index (χ4v) is 2.43. The van der Waals surface area contributed by atoms with Crippen molar-refractivity contribution in [3.8, 4) is 0 Å². The van der Waals surface area contributed by atoms with Gasteiger partial charge in [0, 0.05) is 19.2 Å². The summed E-state index contributed by atoms with van der Waals surface area (Å²) in [6, 6.07) is 2.46. The van der Waals surface area contributed by atoms with Gasteiger partial charge in [-0.1, -0.05) is 13.3 Å². The van der Waals surface area contributed by atoms with Gasteiger partial charge in [-0.25, -0.2) is 8.78 Å². The molecule has 88 valence electrons. The van der Waals surface area contributed by atoms with E-state index in [0.29, 0.717) is 11.6 Å². The van der Waals surface area contributed by atoms with E-state index in [1.807, 2.05) is 4.90 Å². The third-order valence-electron chi connectivity index (χ3n) is 2.98. The summed E-state index contributed by atoms with van der Waals surface area (Å²) in [5.74, 6) is -0.130. The highest BCUT2D eigenvalue weighted by atomic mass is 79.9. The van der Waals surface area contributed by atoms with Crippen LogP contribution in [0.3, 0.4) is 0 Å². The first-order chi connectivity index (χ1) is 7.61. The third-order valence-corrected chi connectivity index (χ3v) is 3.59. The van der Waals surface area contributed by atoms with Crippen LogP contribution in [-0.4, -0.2) is 13.1 Å².